The van der Waals surface area contributed by atoms with Crippen LogP contribution in [0.2, 0.25) is 0 Å². The number of hydrogen-bond donors (Lipinski definition) is 0. The largest absolute Gasteiger partial charge is 0.573 e. The van der Waals surface area contributed by atoms with Crippen molar-refractivity contribution in [3.63, 3.8) is 0 Å². The lowest BCUT2D eigenvalue weighted by molar-refractivity contribution is -0.274. The summed E-state index contributed by atoms with van der Waals surface area (Å²) in [7, 11) is 0. The summed E-state index contributed by atoms with van der Waals surface area (Å²) >= 11 is 0. The molecule has 20 heavy (non-hydrogen) atoms. The maximum absolute atomic E-state index is 12.0. The molecule has 102 valence electrons. The second-order valence-corrected chi connectivity index (χ2v) is 3.75. The Bertz CT molecular complexity index is 712. The number of pyridine rings is 1. The molecule has 0 amide bonds. The predicted octanol–water partition coefficient (Wildman–Crippen LogP) is 3.29. The van der Waals surface area contributed by atoms with Crippen LogP contribution in [0.1, 0.15) is 0 Å². The molecule has 0 spiro atoms. The molecule has 0 radical (unpaired) electrons. The number of halogens is 3. The van der Waals surface area contributed by atoms with Crippen LogP contribution in [0.25, 0.3) is 10.5 Å². The summed E-state index contributed by atoms with van der Waals surface area (Å²) < 4.78 is 41.0. The molecule has 0 fully saturated rings. The van der Waals surface area contributed by atoms with Crippen LogP contribution in [0.3, 0.4) is 0 Å². The highest BCUT2D eigenvalue weighted by Crippen LogP contribution is 2.23. The van der Waals surface area contributed by atoms with Crippen LogP contribution in [0.5, 0.6) is 5.75 Å². The minimum atomic E-state index is -4.76. The Hall–Kier alpha value is -2.75. The molecule has 0 saturated heterocycles. The molecule has 1 aromatic carbocycles. The first-order valence-electron chi connectivity index (χ1n) is 5.35. The smallest absolute Gasteiger partial charge is 0.406 e. The summed E-state index contributed by atoms with van der Waals surface area (Å²) in [6, 6.07) is 7.38. The topological polar surface area (TPSA) is 35.6 Å². The SMILES string of the molecule is [C-]#[N+]c1ccc(=O)n(-c2ccc(OC(F)(F)F)cc2)c1. The van der Waals surface area contributed by atoms with Crippen LogP contribution < -0.4 is 10.3 Å². The van der Waals surface area contributed by atoms with Crippen molar-refractivity contribution in [3.05, 3.63) is 64.4 Å². The summed E-state index contributed by atoms with van der Waals surface area (Å²) in [5, 5.41) is 0. The molecular formula is C13H7F3N2O2. The van der Waals surface area contributed by atoms with E-state index in [9.17, 15) is 18.0 Å². The van der Waals surface area contributed by atoms with Gasteiger partial charge in [-0.15, -0.1) is 13.2 Å². The first-order valence-corrected chi connectivity index (χ1v) is 5.35. The van der Waals surface area contributed by atoms with Crippen LogP contribution in [0.15, 0.2) is 47.4 Å². The van der Waals surface area contributed by atoms with E-state index in [1.165, 1.54) is 35.0 Å². The lowest BCUT2D eigenvalue weighted by Gasteiger charge is -2.10. The van der Waals surface area contributed by atoms with Crippen LogP contribution in [-0.4, -0.2) is 10.9 Å². The Morgan fingerprint density at radius 1 is 1.10 bits per heavy atom. The van der Waals surface area contributed by atoms with Crippen molar-refractivity contribution in [2.75, 3.05) is 0 Å². The van der Waals surface area contributed by atoms with Crippen molar-refractivity contribution in [1.82, 2.24) is 4.57 Å². The van der Waals surface area contributed by atoms with Gasteiger partial charge in [0.2, 0.25) is 5.69 Å². The van der Waals surface area contributed by atoms with Gasteiger partial charge >= 0.3 is 6.36 Å². The van der Waals surface area contributed by atoms with Gasteiger partial charge in [-0.2, -0.15) is 0 Å². The molecule has 1 heterocycles. The predicted molar refractivity (Wildman–Crippen MR) is 65.0 cm³/mol. The van der Waals surface area contributed by atoms with Gasteiger partial charge in [0.25, 0.3) is 5.56 Å². The van der Waals surface area contributed by atoms with Gasteiger partial charge in [0.1, 0.15) is 5.75 Å². The number of alkyl halides is 3. The molecule has 0 aliphatic heterocycles. The zero-order valence-corrected chi connectivity index (χ0v) is 9.89. The van der Waals surface area contributed by atoms with E-state index >= 15 is 0 Å². The summed E-state index contributed by atoms with van der Waals surface area (Å²) in [5.74, 6) is -0.379. The Kier molecular flexibility index (Phi) is 3.48. The second kappa shape index (κ2) is 5.09. The van der Waals surface area contributed by atoms with Gasteiger partial charge in [-0.05, 0) is 36.4 Å². The van der Waals surface area contributed by atoms with Crippen molar-refractivity contribution < 1.29 is 17.9 Å². The summed E-state index contributed by atoms with van der Waals surface area (Å²) in [5.41, 5.74) is 0.206. The van der Waals surface area contributed by atoms with Crippen molar-refractivity contribution in [1.29, 1.82) is 0 Å². The van der Waals surface area contributed by atoms with E-state index in [0.29, 0.717) is 5.69 Å². The van der Waals surface area contributed by atoms with Gasteiger partial charge in [0, 0.05) is 11.9 Å². The Morgan fingerprint density at radius 2 is 1.75 bits per heavy atom. The molecule has 0 unspecified atom stereocenters. The van der Waals surface area contributed by atoms with E-state index in [2.05, 4.69) is 9.58 Å². The first kappa shape index (κ1) is 13.7. The van der Waals surface area contributed by atoms with Gasteiger partial charge in [-0.25, -0.2) is 4.85 Å². The first-order chi connectivity index (χ1) is 9.39. The van der Waals surface area contributed by atoms with Crippen molar-refractivity contribution in [3.8, 4) is 11.4 Å². The molecule has 2 rings (SSSR count). The van der Waals surface area contributed by atoms with Crippen molar-refractivity contribution >= 4 is 5.69 Å². The fourth-order valence-corrected chi connectivity index (χ4v) is 1.55. The second-order valence-electron chi connectivity index (χ2n) is 3.75. The molecule has 1 aromatic heterocycles. The quantitative estimate of drug-likeness (QED) is 0.791. The summed E-state index contributed by atoms with van der Waals surface area (Å²) in [6.07, 6.45) is -3.45. The zero-order chi connectivity index (χ0) is 14.8. The average Bonchev–Trinajstić information content (AvgIpc) is 2.39. The Morgan fingerprint density at radius 3 is 2.30 bits per heavy atom. The van der Waals surface area contributed by atoms with E-state index in [0.717, 1.165) is 12.1 Å². The van der Waals surface area contributed by atoms with E-state index < -0.39 is 6.36 Å². The highest BCUT2D eigenvalue weighted by Gasteiger charge is 2.30. The lowest BCUT2D eigenvalue weighted by Crippen LogP contribution is -2.18. The molecule has 7 heteroatoms. The maximum atomic E-state index is 12.0. The number of ether oxygens (including phenoxy) is 1. The number of aromatic nitrogens is 1. The highest BCUT2D eigenvalue weighted by molar-refractivity contribution is 5.45. The van der Waals surface area contributed by atoms with Crippen molar-refractivity contribution in [2.45, 2.75) is 6.36 Å². The summed E-state index contributed by atoms with van der Waals surface area (Å²) in [6.45, 7) is 6.87. The molecule has 0 bridgehead atoms. The fraction of sp³-hybridized carbons (Fsp3) is 0.0769. The van der Waals surface area contributed by atoms with Crippen LogP contribution >= 0.6 is 0 Å². The number of nitrogens with zero attached hydrogens (tertiary/aromatic N) is 2. The Labute approximate surface area is 111 Å². The third kappa shape index (κ3) is 3.17. The standard InChI is InChI=1S/C13H7F3N2O2/c1-17-9-2-7-12(19)18(8-9)10-3-5-11(6-4-10)20-13(14,15)16/h2-8H. The Balaban J connectivity index is 2.36. The number of rotatable bonds is 2. The van der Waals surface area contributed by atoms with E-state index in [1.54, 1.807) is 0 Å². The third-order valence-corrected chi connectivity index (χ3v) is 2.37. The molecule has 4 nitrogen and oxygen atoms in total. The molecule has 0 aliphatic carbocycles. The minimum absolute atomic E-state index is 0.250. The maximum Gasteiger partial charge on any atom is 0.573 e. The van der Waals surface area contributed by atoms with Gasteiger partial charge in [0.05, 0.1) is 6.57 Å². The van der Waals surface area contributed by atoms with E-state index in [4.69, 9.17) is 6.57 Å². The van der Waals surface area contributed by atoms with Gasteiger partial charge in [0.15, 0.2) is 0 Å². The molecule has 2 aromatic rings. The molecular weight excluding hydrogens is 273 g/mol. The normalized spacial score (nSPS) is 10.9. The number of benzene rings is 1. The lowest BCUT2D eigenvalue weighted by atomic mass is 10.3. The zero-order valence-electron chi connectivity index (χ0n) is 9.89. The van der Waals surface area contributed by atoms with Crippen LogP contribution in [-0.2, 0) is 0 Å². The number of hydrogen-bond acceptors (Lipinski definition) is 2. The van der Waals surface area contributed by atoms with E-state index in [-0.39, 0.29) is 17.0 Å². The van der Waals surface area contributed by atoms with Gasteiger partial charge in [-0.3, -0.25) is 9.36 Å². The monoisotopic (exact) mass is 280 g/mol. The average molecular weight is 280 g/mol. The summed E-state index contributed by atoms with van der Waals surface area (Å²) in [4.78, 5) is 14.8. The molecule has 0 aliphatic rings. The molecule has 0 atom stereocenters. The minimum Gasteiger partial charge on any atom is -0.406 e. The molecule has 0 N–H and O–H groups in total. The van der Waals surface area contributed by atoms with Gasteiger partial charge in [-0.1, -0.05) is 0 Å². The molecule has 0 saturated carbocycles. The highest BCUT2D eigenvalue weighted by atomic mass is 19.4. The fourth-order valence-electron chi connectivity index (χ4n) is 1.55. The third-order valence-electron chi connectivity index (χ3n) is 2.37. The van der Waals surface area contributed by atoms with Crippen LogP contribution in [0.4, 0.5) is 18.9 Å². The van der Waals surface area contributed by atoms with Crippen molar-refractivity contribution in [2.24, 2.45) is 0 Å². The van der Waals surface area contributed by atoms with Crippen LogP contribution in [0, 0.1) is 6.57 Å². The van der Waals surface area contributed by atoms with E-state index in [1.807, 2.05) is 0 Å². The van der Waals surface area contributed by atoms with Gasteiger partial charge < -0.3 is 4.74 Å².